The first kappa shape index (κ1) is 29.1. The smallest absolute Gasteiger partial charge is 0.459 e. The molecule has 11 nitrogen and oxygen atoms in total. The molecule has 6 atom stereocenters. The zero-order valence-corrected chi connectivity index (χ0v) is 22.1. The molecule has 0 saturated carbocycles. The van der Waals surface area contributed by atoms with Crippen LogP contribution >= 0.6 is 20.0 Å². The van der Waals surface area contributed by atoms with Gasteiger partial charge in [-0.1, -0.05) is 30.4 Å². The van der Waals surface area contributed by atoms with Crippen molar-refractivity contribution in [1.29, 1.82) is 0 Å². The first-order valence-corrected chi connectivity index (χ1v) is 13.1. The van der Waals surface area contributed by atoms with Crippen molar-refractivity contribution in [3.05, 3.63) is 57.7 Å². The predicted octanol–water partition coefficient (Wildman–Crippen LogP) is 3.32. The van der Waals surface area contributed by atoms with E-state index in [0.717, 1.165) is 13.1 Å². The number of ether oxygens (including phenoxy) is 2. The highest BCUT2D eigenvalue weighted by molar-refractivity contribution is 7.71. The fourth-order valence-electron chi connectivity index (χ4n) is 3.48. The molecule has 2 unspecified atom stereocenters. The molecule has 0 amide bonds. The molecule has 0 radical (unpaired) electrons. The molecule has 37 heavy (non-hydrogen) atoms. The van der Waals surface area contributed by atoms with E-state index >= 15 is 8.78 Å². The molecular formula is C22H28F2N3O8PS. The molecule has 1 saturated heterocycles. The van der Waals surface area contributed by atoms with Crippen LogP contribution in [0.1, 0.15) is 33.9 Å². The summed E-state index contributed by atoms with van der Waals surface area (Å²) in [6.07, 6.45) is -3.81. The fourth-order valence-corrected chi connectivity index (χ4v) is 5.14. The average molecular weight is 564 g/mol. The SMILES string of the molecule is CC(C)OC(=O)[C@H](C)NP(=O)(OC[C@@]1(F)O[C@@H](n2ccc(=S)[nH]c2=O)C(C)(F)[C@H]1O)Oc1ccccc1. The third kappa shape index (κ3) is 6.70. The summed E-state index contributed by atoms with van der Waals surface area (Å²) in [6.45, 7) is 4.08. The standard InChI is InChI=1S/C22H28F2N3O8PS/c1-13(2)33-17(28)14(3)26-36(31,35-15-8-6-5-7-9-15)32-12-22(24)18(29)21(4,23)19(34-22)27-11-10-16(37)25-20(27)30/h5-11,13-14,18-19,29H,12H2,1-4H3,(H,26,31)(H,25,30,37)/t14-,18+,19+,21?,22+,36?/m0/s1. The van der Waals surface area contributed by atoms with Crippen LogP contribution in [0.25, 0.3) is 0 Å². The minimum Gasteiger partial charge on any atom is -0.462 e. The second-order valence-corrected chi connectivity index (χ2v) is 11.0. The Morgan fingerprint density at radius 1 is 1.30 bits per heavy atom. The number of alkyl halides is 2. The van der Waals surface area contributed by atoms with Crippen molar-refractivity contribution in [2.75, 3.05) is 6.61 Å². The van der Waals surface area contributed by atoms with E-state index in [4.69, 9.17) is 30.7 Å². The average Bonchev–Trinajstić information content (AvgIpc) is 2.98. The Hall–Kier alpha value is -2.48. The lowest BCUT2D eigenvalue weighted by Crippen LogP contribution is -2.47. The van der Waals surface area contributed by atoms with Gasteiger partial charge in [0.2, 0.25) is 0 Å². The number of H-pyrrole nitrogens is 1. The van der Waals surface area contributed by atoms with Crippen molar-refractivity contribution < 1.29 is 41.8 Å². The summed E-state index contributed by atoms with van der Waals surface area (Å²) in [5, 5.41) is 12.8. The van der Waals surface area contributed by atoms with Crippen LogP contribution in [0.4, 0.5) is 8.78 Å². The van der Waals surface area contributed by atoms with Crippen molar-refractivity contribution in [2.45, 2.75) is 63.7 Å². The quantitative estimate of drug-likeness (QED) is 0.224. The minimum atomic E-state index is -4.56. The maximum absolute atomic E-state index is 15.8. The van der Waals surface area contributed by atoms with Crippen LogP contribution in [0.2, 0.25) is 0 Å². The number of rotatable bonds is 10. The lowest BCUT2D eigenvalue weighted by Gasteiger charge is -2.28. The molecule has 3 rings (SSSR count). The number of nitrogens with zero attached hydrogens (tertiary/aromatic N) is 1. The molecule has 3 N–H and O–H groups in total. The molecule has 0 spiro atoms. The molecule has 2 heterocycles. The fraction of sp³-hybridized carbons (Fsp3) is 0.500. The summed E-state index contributed by atoms with van der Waals surface area (Å²) < 4.78 is 66.4. The van der Waals surface area contributed by atoms with E-state index in [1.165, 1.54) is 25.1 Å². The number of carbonyl (C=O) groups excluding carboxylic acids is 1. The number of halogens is 2. The number of aromatic amines is 1. The van der Waals surface area contributed by atoms with E-state index in [2.05, 4.69) is 10.1 Å². The lowest BCUT2D eigenvalue weighted by molar-refractivity contribution is -0.204. The van der Waals surface area contributed by atoms with Crippen LogP contribution in [-0.2, 0) is 23.4 Å². The van der Waals surface area contributed by atoms with Crippen molar-refractivity contribution in [2.24, 2.45) is 0 Å². The molecule has 1 aromatic heterocycles. The van der Waals surface area contributed by atoms with E-state index in [1.54, 1.807) is 32.0 Å². The van der Waals surface area contributed by atoms with E-state index in [1.807, 2.05) is 0 Å². The number of carbonyl (C=O) groups is 1. The van der Waals surface area contributed by atoms with E-state index in [0.29, 0.717) is 4.57 Å². The summed E-state index contributed by atoms with van der Waals surface area (Å²) in [6, 6.07) is 7.68. The molecule has 204 valence electrons. The van der Waals surface area contributed by atoms with Gasteiger partial charge in [0.25, 0.3) is 5.85 Å². The van der Waals surface area contributed by atoms with E-state index in [-0.39, 0.29) is 10.4 Å². The Balaban J connectivity index is 1.86. The van der Waals surface area contributed by atoms with Gasteiger partial charge >= 0.3 is 19.4 Å². The Morgan fingerprint density at radius 2 is 1.95 bits per heavy atom. The maximum Gasteiger partial charge on any atom is 0.459 e. The van der Waals surface area contributed by atoms with Gasteiger partial charge < -0.3 is 19.1 Å². The Bertz CT molecular complexity index is 1270. The molecule has 2 aromatic rings. The highest BCUT2D eigenvalue weighted by Crippen LogP contribution is 2.51. The van der Waals surface area contributed by atoms with E-state index in [9.17, 15) is 19.3 Å². The molecule has 0 bridgehead atoms. The van der Waals surface area contributed by atoms with Crippen LogP contribution in [0.5, 0.6) is 5.75 Å². The van der Waals surface area contributed by atoms with Gasteiger partial charge in [-0.2, -0.15) is 5.09 Å². The summed E-state index contributed by atoms with van der Waals surface area (Å²) in [4.78, 5) is 26.8. The van der Waals surface area contributed by atoms with Gasteiger partial charge in [0.1, 0.15) is 23.0 Å². The van der Waals surface area contributed by atoms with Crippen molar-refractivity contribution in [3.63, 3.8) is 0 Å². The van der Waals surface area contributed by atoms with Crippen LogP contribution in [-0.4, -0.2) is 57.0 Å². The number of benzene rings is 1. The van der Waals surface area contributed by atoms with Gasteiger partial charge in [-0.05, 0) is 45.9 Å². The largest absolute Gasteiger partial charge is 0.462 e. The van der Waals surface area contributed by atoms with Crippen LogP contribution in [0.15, 0.2) is 47.4 Å². The predicted molar refractivity (Wildman–Crippen MR) is 130 cm³/mol. The molecule has 1 fully saturated rings. The molecule has 1 aliphatic heterocycles. The lowest BCUT2D eigenvalue weighted by atomic mass is 9.97. The number of aromatic nitrogens is 2. The molecule has 1 aliphatic rings. The van der Waals surface area contributed by atoms with Crippen LogP contribution in [0, 0.1) is 4.64 Å². The van der Waals surface area contributed by atoms with E-state index < -0.39 is 62.0 Å². The third-order valence-corrected chi connectivity index (χ3v) is 7.16. The molecule has 1 aromatic carbocycles. The highest BCUT2D eigenvalue weighted by atomic mass is 32.1. The highest BCUT2D eigenvalue weighted by Gasteiger charge is 2.65. The molecule has 15 heteroatoms. The number of hydrogen-bond donors (Lipinski definition) is 3. The molecule has 0 aliphatic carbocycles. The number of nitrogens with one attached hydrogen (secondary N) is 2. The Morgan fingerprint density at radius 3 is 2.54 bits per heavy atom. The van der Waals surface area contributed by atoms with Crippen LogP contribution in [0.3, 0.4) is 0 Å². The summed E-state index contributed by atoms with van der Waals surface area (Å²) in [5.74, 6) is -4.03. The summed E-state index contributed by atoms with van der Waals surface area (Å²) in [7, 11) is -4.56. The Kier molecular flexibility index (Phi) is 8.72. The number of aliphatic hydroxyl groups is 1. The van der Waals surface area contributed by atoms with Crippen molar-refractivity contribution in [3.8, 4) is 5.75 Å². The second kappa shape index (κ2) is 11.1. The first-order chi connectivity index (χ1) is 17.2. The summed E-state index contributed by atoms with van der Waals surface area (Å²) >= 11 is 4.84. The van der Waals surface area contributed by atoms with Gasteiger partial charge in [0.15, 0.2) is 18.0 Å². The second-order valence-electron chi connectivity index (χ2n) is 8.84. The third-order valence-electron chi connectivity index (χ3n) is 5.29. The van der Waals surface area contributed by atoms with Crippen molar-refractivity contribution >= 4 is 25.9 Å². The minimum absolute atomic E-state index is 0.0443. The zero-order valence-electron chi connectivity index (χ0n) is 20.4. The molecular weight excluding hydrogens is 535 g/mol. The maximum atomic E-state index is 15.8. The number of para-hydroxylation sites is 1. The normalized spacial score (nSPS) is 28.0. The van der Waals surface area contributed by atoms with Gasteiger partial charge in [-0.3, -0.25) is 18.9 Å². The van der Waals surface area contributed by atoms with Gasteiger partial charge in [0.05, 0.1) is 6.10 Å². The monoisotopic (exact) mass is 563 g/mol. The zero-order chi connectivity index (χ0) is 27.6. The van der Waals surface area contributed by atoms with Gasteiger partial charge in [-0.25, -0.2) is 18.1 Å². The number of hydrogen-bond acceptors (Lipinski definition) is 9. The number of aliphatic hydroxyl groups excluding tert-OH is 1. The van der Waals surface area contributed by atoms with Crippen LogP contribution < -0.4 is 15.3 Å². The topological polar surface area (TPSA) is 141 Å². The number of esters is 1. The summed E-state index contributed by atoms with van der Waals surface area (Å²) in [5.41, 5.74) is -3.74. The van der Waals surface area contributed by atoms with Gasteiger partial charge in [0, 0.05) is 6.20 Å². The Labute approximate surface area is 216 Å². The van der Waals surface area contributed by atoms with Gasteiger partial charge in [-0.15, -0.1) is 0 Å². The van der Waals surface area contributed by atoms with Crippen molar-refractivity contribution in [1.82, 2.24) is 14.6 Å². The first-order valence-electron chi connectivity index (χ1n) is 11.2.